The maximum Gasteiger partial charge on any atom is 0.308 e. The SMILES string of the molecule is CCCCC(C)S(=O)(=O)c1cccc[n+]1[O-]. The molecule has 0 saturated carbocycles. The second kappa shape index (κ2) is 5.30. The first-order valence-corrected chi connectivity index (χ1v) is 6.97. The third-order valence-electron chi connectivity index (χ3n) is 2.57. The Kier molecular flexibility index (Phi) is 4.29. The third kappa shape index (κ3) is 2.72. The van der Waals surface area contributed by atoms with E-state index in [0.717, 1.165) is 12.8 Å². The lowest BCUT2D eigenvalue weighted by Gasteiger charge is -2.11. The molecular weight excluding hydrogens is 226 g/mol. The summed E-state index contributed by atoms with van der Waals surface area (Å²) < 4.78 is 24.5. The highest BCUT2D eigenvalue weighted by molar-refractivity contribution is 7.91. The first kappa shape index (κ1) is 13.0. The summed E-state index contributed by atoms with van der Waals surface area (Å²) in [5.41, 5.74) is 0. The highest BCUT2D eigenvalue weighted by Gasteiger charge is 2.29. The van der Waals surface area contributed by atoms with E-state index >= 15 is 0 Å². The van der Waals surface area contributed by atoms with Gasteiger partial charge in [-0.2, -0.15) is 4.73 Å². The summed E-state index contributed by atoms with van der Waals surface area (Å²) in [6.45, 7) is 3.66. The minimum absolute atomic E-state index is 0.154. The number of nitrogens with zero attached hydrogens (tertiary/aromatic N) is 1. The number of unbranched alkanes of at least 4 members (excludes halogenated alkanes) is 1. The molecule has 0 aromatic carbocycles. The van der Waals surface area contributed by atoms with Gasteiger partial charge in [0.05, 0.1) is 5.25 Å². The number of aromatic nitrogens is 1. The summed E-state index contributed by atoms with van der Waals surface area (Å²) in [6, 6.07) is 4.43. The van der Waals surface area contributed by atoms with Gasteiger partial charge in [-0.25, -0.2) is 8.42 Å². The first-order valence-electron chi connectivity index (χ1n) is 5.42. The van der Waals surface area contributed by atoms with Crippen molar-refractivity contribution in [3.05, 3.63) is 29.6 Å². The second-order valence-corrected chi connectivity index (χ2v) is 6.18. The lowest BCUT2D eigenvalue weighted by atomic mass is 10.2. The van der Waals surface area contributed by atoms with Crippen LogP contribution in [0.1, 0.15) is 33.1 Å². The molecule has 0 saturated heterocycles. The Morgan fingerprint density at radius 3 is 2.69 bits per heavy atom. The zero-order valence-electron chi connectivity index (χ0n) is 9.59. The largest absolute Gasteiger partial charge is 0.618 e. The van der Waals surface area contributed by atoms with Crippen molar-refractivity contribution in [1.82, 2.24) is 0 Å². The maximum absolute atomic E-state index is 12.0. The van der Waals surface area contributed by atoms with Gasteiger partial charge in [-0.3, -0.25) is 0 Å². The fourth-order valence-corrected chi connectivity index (χ4v) is 2.95. The molecular formula is C11H17NO3S. The average Bonchev–Trinajstić information content (AvgIpc) is 2.26. The Balaban J connectivity index is 2.98. The minimum Gasteiger partial charge on any atom is -0.618 e. The van der Waals surface area contributed by atoms with Gasteiger partial charge < -0.3 is 5.21 Å². The van der Waals surface area contributed by atoms with Gasteiger partial charge in [0, 0.05) is 12.1 Å². The lowest BCUT2D eigenvalue weighted by molar-refractivity contribution is -0.646. The van der Waals surface area contributed by atoms with Crippen LogP contribution in [0, 0.1) is 5.21 Å². The molecule has 0 fully saturated rings. The quantitative estimate of drug-likeness (QED) is 0.584. The number of hydrogen-bond donors (Lipinski definition) is 0. The smallest absolute Gasteiger partial charge is 0.308 e. The van der Waals surface area contributed by atoms with Gasteiger partial charge >= 0.3 is 5.03 Å². The number of rotatable bonds is 5. The molecule has 1 aromatic rings. The zero-order chi connectivity index (χ0) is 12.2. The fraction of sp³-hybridized carbons (Fsp3) is 0.545. The molecule has 0 amide bonds. The Hall–Kier alpha value is -1.10. The van der Waals surface area contributed by atoms with Crippen LogP contribution in [-0.4, -0.2) is 13.7 Å². The van der Waals surface area contributed by atoms with Crippen molar-refractivity contribution in [3.63, 3.8) is 0 Å². The Morgan fingerprint density at radius 1 is 1.44 bits per heavy atom. The van der Waals surface area contributed by atoms with Crippen LogP contribution in [0.15, 0.2) is 29.4 Å². The van der Waals surface area contributed by atoms with E-state index in [2.05, 4.69) is 0 Å². The van der Waals surface area contributed by atoms with Crippen molar-refractivity contribution in [2.45, 2.75) is 43.4 Å². The average molecular weight is 243 g/mol. The standard InChI is InChI=1S/C11H17NO3S/c1-3-4-7-10(2)16(14,15)11-8-5-6-9-12(11)13/h5-6,8-10H,3-4,7H2,1-2H3. The molecule has 1 heterocycles. The van der Waals surface area contributed by atoms with Crippen LogP contribution >= 0.6 is 0 Å². The van der Waals surface area contributed by atoms with Crippen LogP contribution in [0.25, 0.3) is 0 Å². The molecule has 4 nitrogen and oxygen atoms in total. The van der Waals surface area contributed by atoms with Crippen molar-refractivity contribution in [2.24, 2.45) is 0 Å². The van der Waals surface area contributed by atoms with Gasteiger partial charge in [-0.1, -0.05) is 19.8 Å². The molecule has 90 valence electrons. The summed E-state index contributed by atoms with van der Waals surface area (Å²) in [7, 11) is -3.49. The van der Waals surface area contributed by atoms with E-state index in [1.807, 2.05) is 6.92 Å². The lowest BCUT2D eigenvalue weighted by Crippen LogP contribution is -2.36. The molecule has 0 bridgehead atoms. The topological polar surface area (TPSA) is 61.1 Å². The van der Waals surface area contributed by atoms with E-state index in [0.29, 0.717) is 11.2 Å². The molecule has 1 atom stereocenters. The molecule has 5 heteroatoms. The normalized spacial score (nSPS) is 13.6. The highest BCUT2D eigenvalue weighted by Crippen LogP contribution is 2.16. The van der Waals surface area contributed by atoms with Gasteiger partial charge in [-0.15, -0.1) is 0 Å². The van der Waals surface area contributed by atoms with Crippen LogP contribution in [0.4, 0.5) is 0 Å². The van der Waals surface area contributed by atoms with Gasteiger partial charge in [0.15, 0.2) is 6.20 Å². The van der Waals surface area contributed by atoms with Crippen molar-refractivity contribution in [1.29, 1.82) is 0 Å². The highest BCUT2D eigenvalue weighted by atomic mass is 32.2. The molecule has 0 spiro atoms. The number of hydrogen-bond acceptors (Lipinski definition) is 3. The fourth-order valence-electron chi connectivity index (χ4n) is 1.49. The van der Waals surface area contributed by atoms with Gasteiger partial charge in [-0.05, 0) is 19.4 Å². The summed E-state index contributed by atoms with van der Waals surface area (Å²) in [5, 5.41) is 10.7. The van der Waals surface area contributed by atoms with Crippen molar-refractivity contribution < 1.29 is 13.1 Å². The molecule has 0 aliphatic rings. The van der Waals surface area contributed by atoms with Gasteiger partial charge in [0.1, 0.15) is 0 Å². The number of sulfone groups is 1. The molecule has 16 heavy (non-hydrogen) atoms. The molecule has 1 unspecified atom stereocenters. The summed E-state index contributed by atoms with van der Waals surface area (Å²) in [6.07, 6.45) is 3.60. The maximum atomic E-state index is 12.0. The summed E-state index contributed by atoms with van der Waals surface area (Å²) in [5.74, 6) is 0. The molecule has 0 aliphatic carbocycles. The number of pyridine rings is 1. The van der Waals surface area contributed by atoms with Crippen LogP contribution in [0.5, 0.6) is 0 Å². The van der Waals surface area contributed by atoms with Crippen molar-refractivity contribution in [3.8, 4) is 0 Å². The predicted octanol–water partition coefficient (Wildman–Crippen LogP) is 1.67. The van der Waals surface area contributed by atoms with Gasteiger partial charge in [0.25, 0.3) is 0 Å². The monoisotopic (exact) mass is 243 g/mol. The third-order valence-corrected chi connectivity index (χ3v) is 4.77. The molecule has 0 N–H and O–H groups in total. The molecule has 0 radical (unpaired) electrons. The van der Waals surface area contributed by atoms with Crippen LogP contribution < -0.4 is 4.73 Å². The van der Waals surface area contributed by atoms with Crippen LogP contribution in [-0.2, 0) is 9.84 Å². The van der Waals surface area contributed by atoms with E-state index in [1.165, 1.54) is 18.3 Å². The van der Waals surface area contributed by atoms with Crippen LogP contribution in [0.3, 0.4) is 0 Å². The zero-order valence-corrected chi connectivity index (χ0v) is 10.4. The predicted molar refractivity (Wildman–Crippen MR) is 61.6 cm³/mol. The Labute approximate surface area is 96.4 Å². The van der Waals surface area contributed by atoms with Crippen molar-refractivity contribution in [2.75, 3.05) is 0 Å². The minimum atomic E-state index is -3.49. The van der Waals surface area contributed by atoms with E-state index in [4.69, 9.17) is 0 Å². The van der Waals surface area contributed by atoms with Gasteiger partial charge in [0.2, 0.25) is 9.84 Å². The van der Waals surface area contributed by atoms with E-state index in [9.17, 15) is 13.6 Å². The van der Waals surface area contributed by atoms with Crippen molar-refractivity contribution >= 4 is 9.84 Å². The first-order chi connectivity index (χ1) is 7.50. The second-order valence-electron chi connectivity index (χ2n) is 3.86. The van der Waals surface area contributed by atoms with E-state index < -0.39 is 15.1 Å². The van der Waals surface area contributed by atoms with E-state index in [1.54, 1.807) is 13.0 Å². The molecule has 1 aromatic heterocycles. The van der Waals surface area contributed by atoms with E-state index in [-0.39, 0.29) is 5.03 Å². The summed E-state index contributed by atoms with van der Waals surface area (Å²) in [4.78, 5) is 0. The summed E-state index contributed by atoms with van der Waals surface area (Å²) >= 11 is 0. The van der Waals surface area contributed by atoms with Crippen LogP contribution in [0.2, 0.25) is 0 Å². The Morgan fingerprint density at radius 2 is 2.12 bits per heavy atom. The Bertz CT molecular complexity index is 442. The molecule has 1 rings (SSSR count). The molecule has 0 aliphatic heterocycles.